The number of rotatable bonds is 1. The maximum Gasteiger partial charge on any atom is 0.273 e. The third kappa shape index (κ3) is 2.76. The van der Waals surface area contributed by atoms with Crippen molar-refractivity contribution in [2.45, 2.75) is 0 Å². The minimum Gasteiger partial charge on any atom is -0.258 e. The van der Waals surface area contributed by atoms with E-state index in [1.807, 2.05) is 0 Å². The summed E-state index contributed by atoms with van der Waals surface area (Å²) in [5.41, 5.74) is 0.390. The van der Waals surface area contributed by atoms with Crippen LogP contribution in [-0.4, -0.2) is 15.7 Å². The second-order valence-corrected chi connectivity index (χ2v) is 2.43. The third-order valence-electron chi connectivity index (χ3n) is 1.25. The largest absolute Gasteiger partial charge is 0.273 e. The van der Waals surface area contributed by atoms with Gasteiger partial charge in [-0.15, -0.1) is 0 Å². The lowest BCUT2D eigenvalue weighted by Crippen LogP contribution is -1.90. The van der Waals surface area contributed by atoms with Gasteiger partial charge >= 0.3 is 0 Å². The Kier molecular flexibility index (Phi) is 3.29. The molecule has 5 heteroatoms. The molecule has 0 atom stereocenters. The standard InChI is InChI=1S/C8H6N2O2S/c11-10(12)8-3-4-9-7(6-8)2-1-5-13/h3-4,6,13H,5H2. The van der Waals surface area contributed by atoms with Crippen LogP contribution in [0, 0.1) is 22.0 Å². The molecule has 0 aliphatic rings. The molecule has 0 unspecified atom stereocenters. The quantitative estimate of drug-likeness (QED) is 0.317. The molecule has 1 heterocycles. The average Bonchev–Trinajstić information content (AvgIpc) is 2.15. The van der Waals surface area contributed by atoms with E-state index in [4.69, 9.17) is 0 Å². The van der Waals surface area contributed by atoms with Crippen LogP contribution < -0.4 is 0 Å². The van der Waals surface area contributed by atoms with E-state index >= 15 is 0 Å². The van der Waals surface area contributed by atoms with Crippen molar-refractivity contribution in [2.75, 3.05) is 5.75 Å². The van der Waals surface area contributed by atoms with E-state index < -0.39 is 4.92 Å². The number of hydrogen-bond donors (Lipinski definition) is 1. The van der Waals surface area contributed by atoms with E-state index in [-0.39, 0.29) is 5.69 Å². The van der Waals surface area contributed by atoms with Gasteiger partial charge in [0.25, 0.3) is 5.69 Å². The maximum atomic E-state index is 10.3. The molecule has 4 nitrogen and oxygen atoms in total. The summed E-state index contributed by atoms with van der Waals surface area (Å²) in [5.74, 6) is 5.71. The van der Waals surface area contributed by atoms with Gasteiger partial charge in [-0.05, 0) is 5.92 Å². The molecule has 0 spiro atoms. The van der Waals surface area contributed by atoms with Gasteiger partial charge in [-0.25, -0.2) is 4.98 Å². The molecule has 0 aliphatic carbocycles. The Balaban J connectivity index is 2.98. The Hall–Kier alpha value is -1.54. The second-order valence-electron chi connectivity index (χ2n) is 2.12. The summed E-state index contributed by atoms with van der Waals surface area (Å²) in [6.45, 7) is 0. The third-order valence-corrected chi connectivity index (χ3v) is 1.41. The van der Waals surface area contributed by atoms with E-state index in [1.165, 1.54) is 18.3 Å². The fourth-order valence-corrected chi connectivity index (χ4v) is 0.810. The van der Waals surface area contributed by atoms with Gasteiger partial charge in [-0.1, -0.05) is 5.92 Å². The average molecular weight is 194 g/mol. The van der Waals surface area contributed by atoms with Crippen molar-refractivity contribution in [3.8, 4) is 11.8 Å². The monoisotopic (exact) mass is 194 g/mol. The summed E-state index contributed by atoms with van der Waals surface area (Å²) in [7, 11) is 0. The van der Waals surface area contributed by atoms with Crippen LogP contribution in [0.4, 0.5) is 5.69 Å². The molecule has 1 rings (SSSR count). The second kappa shape index (κ2) is 4.48. The Morgan fingerprint density at radius 1 is 1.69 bits per heavy atom. The van der Waals surface area contributed by atoms with Gasteiger partial charge in [0.05, 0.1) is 16.7 Å². The molecule has 1 aromatic heterocycles. The molecule has 0 aliphatic heterocycles. The summed E-state index contributed by atoms with van der Waals surface area (Å²) in [6.07, 6.45) is 1.36. The molecule has 0 saturated carbocycles. The predicted molar refractivity (Wildman–Crippen MR) is 51.6 cm³/mol. The van der Waals surface area contributed by atoms with E-state index in [2.05, 4.69) is 29.5 Å². The molecule has 0 aromatic carbocycles. The number of hydrogen-bond acceptors (Lipinski definition) is 4. The van der Waals surface area contributed by atoms with E-state index in [1.54, 1.807) is 0 Å². The molecule has 0 saturated heterocycles. The number of nitrogens with zero attached hydrogens (tertiary/aromatic N) is 2. The number of nitro groups is 1. The Labute approximate surface area is 80.6 Å². The van der Waals surface area contributed by atoms with Crippen LogP contribution in [-0.2, 0) is 0 Å². The van der Waals surface area contributed by atoms with Crippen molar-refractivity contribution in [1.82, 2.24) is 4.98 Å². The Bertz CT molecular complexity index is 381. The van der Waals surface area contributed by atoms with Crippen LogP contribution in [0.5, 0.6) is 0 Å². The number of aromatic nitrogens is 1. The molecular weight excluding hydrogens is 188 g/mol. The van der Waals surface area contributed by atoms with Gasteiger partial charge in [0.15, 0.2) is 0 Å². The summed E-state index contributed by atoms with van der Waals surface area (Å²) in [6, 6.07) is 2.66. The van der Waals surface area contributed by atoms with Gasteiger partial charge in [0.2, 0.25) is 0 Å². The Morgan fingerprint density at radius 3 is 3.08 bits per heavy atom. The van der Waals surface area contributed by atoms with Crippen LogP contribution in [0.15, 0.2) is 18.3 Å². The zero-order valence-electron chi connectivity index (χ0n) is 6.60. The molecule has 1 aromatic rings. The lowest BCUT2D eigenvalue weighted by Gasteiger charge is -1.90. The number of thiol groups is 1. The minimum atomic E-state index is -0.479. The van der Waals surface area contributed by atoms with Crippen LogP contribution in [0.25, 0.3) is 0 Å². The summed E-state index contributed by atoms with van der Waals surface area (Å²) < 4.78 is 0. The smallest absolute Gasteiger partial charge is 0.258 e. The van der Waals surface area contributed by atoms with Crippen molar-refractivity contribution >= 4 is 18.3 Å². The fraction of sp³-hybridized carbons (Fsp3) is 0.125. The molecule has 0 radical (unpaired) electrons. The predicted octanol–water partition coefficient (Wildman–Crippen LogP) is 1.27. The van der Waals surface area contributed by atoms with E-state index in [0.717, 1.165) is 0 Å². The van der Waals surface area contributed by atoms with Crippen molar-refractivity contribution in [3.05, 3.63) is 34.1 Å². The minimum absolute atomic E-state index is 0.00142. The molecule has 0 bridgehead atoms. The normalized spacial score (nSPS) is 8.69. The molecule has 13 heavy (non-hydrogen) atoms. The molecule has 0 N–H and O–H groups in total. The highest BCUT2D eigenvalue weighted by Gasteiger charge is 2.04. The Morgan fingerprint density at radius 2 is 2.46 bits per heavy atom. The molecular formula is C8H6N2O2S. The van der Waals surface area contributed by atoms with Gasteiger partial charge < -0.3 is 0 Å². The topological polar surface area (TPSA) is 56.0 Å². The lowest BCUT2D eigenvalue weighted by molar-refractivity contribution is -0.385. The highest BCUT2D eigenvalue weighted by molar-refractivity contribution is 7.80. The number of pyridine rings is 1. The van der Waals surface area contributed by atoms with E-state index in [9.17, 15) is 10.1 Å². The van der Waals surface area contributed by atoms with Crippen LogP contribution in [0.2, 0.25) is 0 Å². The highest BCUT2D eigenvalue weighted by Crippen LogP contribution is 2.09. The van der Waals surface area contributed by atoms with E-state index in [0.29, 0.717) is 11.4 Å². The lowest BCUT2D eigenvalue weighted by atomic mass is 10.3. The first kappa shape index (κ1) is 9.55. The first-order chi connectivity index (χ1) is 6.24. The highest BCUT2D eigenvalue weighted by atomic mass is 32.1. The van der Waals surface area contributed by atoms with Gasteiger partial charge in [0.1, 0.15) is 5.69 Å². The summed E-state index contributed by atoms with van der Waals surface area (Å²) in [4.78, 5) is 13.7. The van der Waals surface area contributed by atoms with Crippen LogP contribution >= 0.6 is 12.6 Å². The zero-order chi connectivity index (χ0) is 9.68. The van der Waals surface area contributed by atoms with Gasteiger partial charge in [-0.3, -0.25) is 10.1 Å². The fourth-order valence-electron chi connectivity index (χ4n) is 0.731. The first-order valence-electron chi connectivity index (χ1n) is 3.44. The molecule has 0 amide bonds. The van der Waals surface area contributed by atoms with Gasteiger partial charge in [-0.2, -0.15) is 12.6 Å². The van der Waals surface area contributed by atoms with Crippen LogP contribution in [0.1, 0.15) is 5.69 Å². The van der Waals surface area contributed by atoms with Crippen molar-refractivity contribution in [3.63, 3.8) is 0 Å². The van der Waals surface area contributed by atoms with Crippen molar-refractivity contribution in [2.24, 2.45) is 0 Å². The van der Waals surface area contributed by atoms with Gasteiger partial charge in [0, 0.05) is 12.3 Å². The maximum absolute atomic E-state index is 10.3. The van der Waals surface area contributed by atoms with Crippen molar-refractivity contribution < 1.29 is 4.92 Å². The molecule has 0 fully saturated rings. The summed E-state index contributed by atoms with van der Waals surface area (Å²) in [5, 5.41) is 10.3. The van der Waals surface area contributed by atoms with Crippen LogP contribution in [0.3, 0.4) is 0 Å². The first-order valence-corrected chi connectivity index (χ1v) is 4.07. The molecule has 66 valence electrons. The van der Waals surface area contributed by atoms with Crippen molar-refractivity contribution in [1.29, 1.82) is 0 Å². The summed E-state index contributed by atoms with van der Waals surface area (Å²) >= 11 is 3.88. The zero-order valence-corrected chi connectivity index (χ0v) is 7.49. The SMILES string of the molecule is O=[N+]([O-])c1ccnc(C#CCS)c1.